The summed E-state index contributed by atoms with van der Waals surface area (Å²) in [5.41, 5.74) is 0.897. The van der Waals surface area contributed by atoms with Gasteiger partial charge in [-0.25, -0.2) is 4.79 Å². The van der Waals surface area contributed by atoms with Crippen molar-refractivity contribution in [1.82, 2.24) is 0 Å². The molecule has 1 saturated heterocycles. The van der Waals surface area contributed by atoms with Gasteiger partial charge in [-0.05, 0) is 38.7 Å². The molecule has 4 bridgehead atoms. The molecule has 24 heavy (non-hydrogen) atoms. The number of allylic oxidation sites excluding steroid dienone is 1. The monoisotopic (exact) mass is 332 g/mol. The molecule has 0 aromatic heterocycles. The number of hydrogen-bond acceptors (Lipinski definition) is 5. The van der Waals surface area contributed by atoms with Crippen LogP contribution in [0.15, 0.2) is 23.8 Å². The third-order valence-corrected chi connectivity index (χ3v) is 5.22. The number of ketones is 2. The lowest BCUT2D eigenvalue weighted by Crippen LogP contribution is -2.31. The summed E-state index contributed by atoms with van der Waals surface area (Å²) in [7, 11) is 0. The van der Waals surface area contributed by atoms with Gasteiger partial charge in [-0.2, -0.15) is 0 Å². The van der Waals surface area contributed by atoms with Crippen molar-refractivity contribution in [2.45, 2.75) is 70.2 Å². The van der Waals surface area contributed by atoms with Gasteiger partial charge in [-0.15, -0.1) is 0 Å². The van der Waals surface area contributed by atoms with E-state index in [1.807, 2.05) is 19.9 Å². The predicted octanol–water partition coefficient (Wildman–Crippen LogP) is 2.68. The Labute approximate surface area is 142 Å². The summed E-state index contributed by atoms with van der Waals surface area (Å²) in [6.45, 7) is 7.72. The molecular formula is C19H24O5. The Morgan fingerprint density at radius 1 is 1.29 bits per heavy atom. The Balaban J connectivity index is 1.87. The van der Waals surface area contributed by atoms with Gasteiger partial charge in [-0.1, -0.05) is 12.2 Å². The van der Waals surface area contributed by atoms with E-state index in [0.29, 0.717) is 31.3 Å². The van der Waals surface area contributed by atoms with Gasteiger partial charge in [0.2, 0.25) is 0 Å². The smallest absolute Gasteiger partial charge is 0.334 e. The van der Waals surface area contributed by atoms with Crippen LogP contribution in [0.3, 0.4) is 0 Å². The molecule has 1 fully saturated rings. The highest BCUT2D eigenvalue weighted by Crippen LogP contribution is 2.37. The summed E-state index contributed by atoms with van der Waals surface area (Å²) in [6, 6.07) is 0. The number of esters is 1. The molecule has 0 radical (unpaired) electrons. The average Bonchev–Trinajstić information content (AvgIpc) is 2.93. The number of Topliss-reactive ketones (excluding diaryl/α,β-unsaturated/α-hetero) is 2. The van der Waals surface area contributed by atoms with Crippen LogP contribution in [-0.2, 0) is 23.9 Å². The van der Waals surface area contributed by atoms with Crippen molar-refractivity contribution < 1.29 is 23.9 Å². The van der Waals surface area contributed by atoms with E-state index in [9.17, 15) is 14.4 Å². The molecular weight excluding hydrogens is 308 g/mol. The third kappa shape index (κ3) is 3.51. The van der Waals surface area contributed by atoms with Crippen LogP contribution in [0, 0.1) is 5.92 Å². The molecule has 0 spiro atoms. The van der Waals surface area contributed by atoms with Crippen LogP contribution in [0.2, 0.25) is 0 Å². The van der Waals surface area contributed by atoms with Gasteiger partial charge in [0, 0.05) is 31.3 Å². The van der Waals surface area contributed by atoms with Crippen LogP contribution in [-0.4, -0.2) is 35.3 Å². The number of hydrogen-bond donors (Lipinski definition) is 0. The number of rotatable bonds is 1. The second-order valence-corrected chi connectivity index (χ2v) is 7.57. The fourth-order valence-corrected chi connectivity index (χ4v) is 3.88. The van der Waals surface area contributed by atoms with Crippen LogP contribution in [0.25, 0.3) is 0 Å². The Bertz CT molecular complexity index is 632. The highest BCUT2D eigenvalue weighted by molar-refractivity contribution is 5.92. The van der Waals surface area contributed by atoms with Crippen LogP contribution in [0.5, 0.6) is 0 Å². The molecule has 0 aliphatic carbocycles. The maximum Gasteiger partial charge on any atom is 0.334 e. The van der Waals surface area contributed by atoms with E-state index in [1.165, 1.54) is 0 Å². The Hall–Kier alpha value is -1.75. The van der Waals surface area contributed by atoms with E-state index >= 15 is 0 Å². The lowest BCUT2D eigenvalue weighted by atomic mass is 9.87. The van der Waals surface area contributed by atoms with Gasteiger partial charge in [0.1, 0.15) is 18.0 Å². The van der Waals surface area contributed by atoms with Crippen molar-refractivity contribution in [2.75, 3.05) is 0 Å². The predicted molar refractivity (Wildman–Crippen MR) is 87.3 cm³/mol. The zero-order chi connectivity index (χ0) is 17.5. The highest BCUT2D eigenvalue weighted by atomic mass is 16.6. The molecule has 3 aliphatic rings. The molecule has 0 unspecified atom stereocenters. The summed E-state index contributed by atoms with van der Waals surface area (Å²) in [6.07, 6.45) is 3.26. The summed E-state index contributed by atoms with van der Waals surface area (Å²) < 4.78 is 11.3. The maximum atomic E-state index is 12.4. The van der Waals surface area contributed by atoms with E-state index in [-0.39, 0.29) is 42.4 Å². The van der Waals surface area contributed by atoms with E-state index in [4.69, 9.17) is 9.47 Å². The summed E-state index contributed by atoms with van der Waals surface area (Å²) in [5, 5.41) is 0. The number of carbonyl (C=O) groups excluding carboxylic acids is 3. The molecule has 3 aliphatic heterocycles. The molecule has 0 N–H and O–H groups in total. The van der Waals surface area contributed by atoms with Gasteiger partial charge < -0.3 is 9.47 Å². The zero-order valence-electron chi connectivity index (χ0n) is 14.3. The molecule has 3 heterocycles. The van der Waals surface area contributed by atoms with Crippen molar-refractivity contribution in [3.63, 3.8) is 0 Å². The maximum absolute atomic E-state index is 12.4. The van der Waals surface area contributed by atoms with Gasteiger partial charge in [-0.3, -0.25) is 9.59 Å². The molecule has 130 valence electrons. The highest BCUT2D eigenvalue weighted by Gasteiger charge is 2.45. The molecule has 0 amide bonds. The van der Waals surface area contributed by atoms with Crippen LogP contribution < -0.4 is 0 Å². The minimum absolute atomic E-state index is 0.00823. The first-order chi connectivity index (χ1) is 11.3. The van der Waals surface area contributed by atoms with Crippen molar-refractivity contribution >= 4 is 17.5 Å². The summed E-state index contributed by atoms with van der Waals surface area (Å²) in [4.78, 5) is 36.7. The molecule has 4 atom stereocenters. The number of fused-ring (bicyclic) bond motifs is 3. The van der Waals surface area contributed by atoms with Gasteiger partial charge in [0.25, 0.3) is 0 Å². The first-order valence-corrected chi connectivity index (χ1v) is 8.55. The molecule has 5 nitrogen and oxygen atoms in total. The van der Waals surface area contributed by atoms with Gasteiger partial charge >= 0.3 is 5.97 Å². The number of carbonyl (C=O) groups is 3. The van der Waals surface area contributed by atoms with Crippen molar-refractivity contribution in [2.24, 2.45) is 5.92 Å². The molecule has 0 aromatic carbocycles. The van der Waals surface area contributed by atoms with Crippen LogP contribution >= 0.6 is 0 Å². The van der Waals surface area contributed by atoms with E-state index in [1.54, 1.807) is 0 Å². The standard InChI is InChI=1S/C19H24O5/c1-11(2)12-4-5-13-7-15(23-18(13)22)9-19(3)10-16(21)17(24-19)8-14(20)6-12/h7,12,15,17H,1,4-6,8-10H2,2-3H3/t12-,15-,17-,19+/m1/s1. The Morgan fingerprint density at radius 2 is 2.04 bits per heavy atom. The first kappa shape index (κ1) is 17.1. The Kier molecular flexibility index (Phi) is 4.47. The quantitative estimate of drug-likeness (QED) is 0.545. The van der Waals surface area contributed by atoms with Crippen molar-refractivity contribution in [3.05, 3.63) is 23.8 Å². The molecule has 5 heteroatoms. The zero-order valence-corrected chi connectivity index (χ0v) is 14.3. The second-order valence-electron chi connectivity index (χ2n) is 7.57. The SMILES string of the molecule is C=C(C)[C@@H]1CCC2=C[C@H](C[C@@]3(C)CC(=O)[C@@H](CC(=O)C1)O3)OC2=O. The third-order valence-electron chi connectivity index (χ3n) is 5.22. The lowest BCUT2D eigenvalue weighted by molar-refractivity contribution is -0.143. The van der Waals surface area contributed by atoms with E-state index in [2.05, 4.69) is 6.58 Å². The topological polar surface area (TPSA) is 69.7 Å². The number of ether oxygens (including phenoxy) is 2. The Morgan fingerprint density at radius 3 is 2.75 bits per heavy atom. The van der Waals surface area contributed by atoms with E-state index in [0.717, 1.165) is 5.57 Å². The fraction of sp³-hybridized carbons (Fsp3) is 0.632. The second kappa shape index (κ2) is 6.28. The van der Waals surface area contributed by atoms with E-state index < -0.39 is 11.7 Å². The van der Waals surface area contributed by atoms with Crippen LogP contribution in [0.1, 0.15) is 52.4 Å². The normalized spacial score (nSPS) is 37.2. The van der Waals surface area contributed by atoms with Crippen molar-refractivity contribution in [1.29, 1.82) is 0 Å². The summed E-state index contributed by atoms with van der Waals surface area (Å²) in [5.74, 6) is -0.308. The molecule has 0 saturated carbocycles. The largest absolute Gasteiger partial charge is 0.455 e. The van der Waals surface area contributed by atoms with Gasteiger partial charge in [0.05, 0.1) is 5.60 Å². The van der Waals surface area contributed by atoms with Gasteiger partial charge in [0.15, 0.2) is 5.78 Å². The average molecular weight is 332 g/mol. The first-order valence-electron chi connectivity index (χ1n) is 8.55. The lowest BCUT2D eigenvalue weighted by Gasteiger charge is -2.26. The molecule has 3 rings (SSSR count). The molecule has 0 aromatic rings. The fourth-order valence-electron chi connectivity index (χ4n) is 3.88. The summed E-state index contributed by atoms with van der Waals surface area (Å²) >= 11 is 0. The van der Waals surface area contributed by atoms with Crippen molar-refractivity contribution in [3.8, 4) is 0 Å². The minimum Gasteiger partial charge on any atom is -0.455 e. The van der Waals surface area contributed by atoms with Crippen LogP contribution in [0.4, 0.5) is 0 Å². The minimum atomic E-state index is -0.680.